The lowest BCUT2D eigenvalue weighted by Crippen LogP contribution is -2.36. The van der Waals surface area contributed by atoms with Crippen LogP contribution in [0.3, 0.4) is 0 Å². The highest BCUT2D eigenvalue weighted by atomic mass is 16.5. The lowest BCUT2D eigenvalue weighted by molar-refractivity contribution is 0.0642. The maximum atomic E-state index is 11.4. The molecule has 1 aromatic rings. The van der Waals surface area contributed by atoms with Gasteiger partial charge in [-0.25, -0.2) is 4.79 Å². The fourth-order valence-electron chi connectivity index (χ4n) is 1.44. The largest absolute Gasteiger partial charge is 0.382 e. The molecule has 0 saturated heterocycles. The molecule has 0 heterocycles. The predicted molar refractivity (Wildman–Crippen MR) is 72.4 cm³/mol. The van der Waals surface area contributed by atoms with Crippen molar-refractivity contribution >= 4 is 6.03 Å². The standard InChI is InChI=1S/C13H21N3O3/c1-18-5-6-19-10-16-13(17)15-9-12-4-2-3-11(7-12)8-14/h2-4,7H,5-6,8-10,14H2,1H3,(H2,15,16,17). The van der Waals surface area contributed by atoms with Crippen molar-refractivity contribution in [2.45, 2.75) is 13.1 Å². The smallest absolute Gasteiger partial charge is 0.316 e. The van der Waals surface area contributed by atoms with Crippen molar-refractivity contribution in [2.75, 3.05) is 27.1 Å². The molecular formula is C13H21N3O3. The zero-order valence-electron chi connectivity index (χ0n) is 11.1. The van der Waals surface area contributed by atoms with E-state index >= 15 is 0 Å². The van der Waals surface area contributed by atoms with Gasteiger partial charge in [0.1, 0.15) is 6.73 Å². The van der Waals surface area contributed by atoms with Gasteiger partial charge in [0, 0.05) is 20.2 Å². The number of benzene rings is 1. The number of nitrogens with two attached hydrogens (primary N) is 1. The first-order valence-electron chi connectivity index (χ1n) is 6.12. The molecule has 2 amide bonds. The van der Waals surface area contributed by atoms with E-state index in [4.69, 9.17) is 15.2 Å². The molecule has 1 rings (SSSR count). The molecule has 0 aromatic heterocycles. The van der Waals surface area contributed by atoms with Gasteiger partial charge in [-0.05, 0) is 11.1 Å². The summed E-state index contributed by atoms with van der Waals surface area (Å²) in [6.07, 6.45) is 0. The third kappa shape index (κ3) is 6.76. The second-order valence-electron chi connectivity index (χ2n) is 3.93. The molecule has 106 valence electrons. The van der Waals surface area contributed by atoms with Crippen LogP contribution in [0, 0.1) is 0 Å². The number of nitrogens with one attached hydrogen (secondary N) is 2. The zero-order chi connectivity index (χ0) is 13.9. The SMILES string of the molecule is COCCOCNC(=O)NCc1cccc(CN)c1. The van der Waals surface area contributed by atoms with Gasteiger partial charge in [0.15, 0.2) is 0 Å². The van der Waals surface area contributed by atoms with Crippen LogP contribution in [0.4, 0.5) is 4.79 Å². The summed E-state index contributed by atoms with van der Waals surface area (Å²) < 4.78 is 9.93. The van der Waals surface area contributed by atoms with Crippen LogP contribution in [0.25, 0.3) is 0 Å². The van der Waals surface area contributed by atoms with Gasteiger partial charge < -0.3 is 25.8 Å². The van der Waals surface area contributed by atoms with Crippen molar-refractivity contribution in [1.29, 1.82) is 0 Å². The highest BCUT2D eigenvalue weighted by molar-refractivity contribution is 5.73. The van der Waals surface area contributed by atoms with Gasteiger partial charge >= 0.3 is 6.03 Å². The van der Waals surface area contributed by atoms with Gasteiger partial charge in [-0.3, -0.25) is 0 Å². The van der Waals surface area contributed by atoms with E-state index in [0.29, 0.717) is 26.3 Å². The van der Waals surface area contributed by atoms with E-state index in [0.717, 1.165) is 11.1 Å². The maximum Gasteiger partial charge on any atom is 0.316 e. The summed E-state index contributed by atoms with van der Waals surface area (Å²) in [6.45, 7) is 2.08. The number of ether oxygens (including phenoxy) is 2. The Morgan fingerprint density at radius 3 is 2.79 bits per heavy atom. The second kappa shape index (κ2) is 9.32. The molecule has 6 heteroatoms. The van der Waals surface area contributed by atoms with Gasteiger partial charge in [0.2, 0.25) is 0 Å². The molecule has 1 aromatic carbocycles. The Kier molecular flexibility index (Phi) is 7.57. The Hall–Kier alpha value is -1.63. The van der Waals surface area contributed by atoms with Crippen LogP contribution >= 0.6 is 0 Å². The Bertz CT molecular complexity index is 385. The van der Waals surface area contributed by atoms with Crippen molar-refractivity contribution in [3.05, 3.63) is 35.4 Å². The normalized spacial score (nSPS) is 10.2. The Morgan fingerprint density at radius 1 is 1.26 bits per heavy atom. The van der Waals surface area contributed by atoms with Crippen molar-refractivity contribution < 1.29 is 14.3 Å². The quantitative estimate of drug-likeness (QED) is 0.474. The van der Waals surface area contributed by atoms with Gasteiger partial charge in [0.05, 0.1) is 13.2 Å². The number of rotatable bonds is 8. The second-order valence-corrected chi connectivity index (χ2v) is 3.93. The zero-order valence-corrected chi connectivity index (χ0v) is 11.1. The Balaban J connectivity index is 2.18. The molecular weight excluding hydrogens is 246 g/mol. The summed E-state index contributed by atoms with van der Waals surface area (Å²) in [4.78, 5) is 11.4. The molecule has 0 aliphatic rings. The molecule has 6 nitrogen and oxygen atoms in total. The van der Waals surface area contributed by atoms with E-state index in [-0.39, 0.29) is 12.8 Å². The van der Waals surface area contributed by atoms with Crippen LogP contribution in [0.15, 0.2) is 24.3 Å². The molecule has 0 aliphatic carbocycles. The molecule has 0 aliphatic heterocycles. The molecule has 0 spiro atoms. The van der Waals surface area contributed by atoms with Crippen molar-refractivity contribution in [3.8, 4) is 0 Å². The molecule has 0 bridgehead atoms. The third-order valence-corrected chi connectivity index (χ3v) is 2.45. The van der Waals surface area contributed by atoms with E-state index in [1.54, 1.807) is 7.11 Å². The van der Waals surface area contributed by atoms with E-state index in [1.165, 1.54) is 0 Å². The molecule has 0 saturated carbocycles. The van der Waals surface area contributed by atoms with Gasteiger partial charge in [-0.15, -0.1) is 0 Å². The van der Waals surface area contributed by atoms with Crippen molar-refractivity contribution in [2.24, 2.45) is 5.73 Å². The first kappa shape index (κ1) is 15.4. The Labute approximate surface area is 113 Å². The molecule has 4 N–H and O–H groups in total. The number of amides is 2. The minimum absolute atomic E-state index is 0.165. The molecule has 0 atom stereocenters. The number of hydrogen-bond acceptors (Lipinski definition) is 4. The highest BCUT2D eigenvalue weighted by Gasteiger charge is 2.00. The number of carbonyl (C=O) groups excluding carboxylic acids is 1. The summed E-state index contributed by atoms with van der Waals surface area (Å²) in [7, 11) is 1.60. The van der Waals surface area contributed by atoms with Crippen LogP contribution in [0.1, 0.15) is 11.1 Å². The molecule has 19 heavy (non-hydrogen) atoms. The van der Waals surface area contributed by atoms with Crippen LogP contribution in [-0.2, 0) is 22.6 Å². The van der Waals surface area contributed by atoms with Gasteiger partial charge in [0.25, 0.3) is 0 Å². The number of hydrogen-bond donors (Lipinski definition) is 3. The lowest BCUT2D eigenvalue weighted by atomic mass is 10.1. The molecule has 0 unspecified atom stereocenters. The number of urea groups is 1. The molecule has 0 fully saturated rings. The highest BCUT2D eigenvalue weighted by Crippen LogP contribution is 2.03. The Morgan fingerprint density at radius 2 is 2.05 bits per heavy atom. The van der Waals surface area contributed by atoms with E-state index in [1.807, 2.05) is 24.3 Å². The van der Waals surface area contributed by atoms with Crippen molar-refractivity contribution in [1.82, 2.24) is 10.6 Å². The minimum atomic E-state index is -0.268. The van der Waals surface area contributed by atoms with E-state index < -0.39 is 0 Å². The molecule has 0 radical (unpaired) electrons. The predicted octanol–water partition coefficient (Wildman–Crippen LogP) is 0.565. The summed E-state index contributed by atoms with van der Waals surface area (Å²) >= 11 is 0. The van der Waals surface area contributed by atoms with Crippen LogP contribution in [-0.4, -0.2) is 33.1 Å². The van der Waals surface area contributed by atoms with Gasteiger partial charge in [-0.2, -0.15) is 0 Å². The summed E-state index contributed by atoms with van der Waals surface area (Å²) in [6, 6.07) is 7.51. The summed E-state index contributed by atoms with van der Waals surface area (Å²) in [5.41, 5.74) is 7.61. The monoisotopic (exact) mass is 267 g/mol. The van der Waals surface area contributed by atoms with E-state index in [2.05, 4.69) is 10.6 Å². The van der Waals surface area contributed by atoms with Crippen LogP contribution < -0.4 is 16.4 Å². The van der Waals surface area contributed by atoms with E-state index in [9.17, 15) is 4.79 Å². The third-order valence-electron chi connectivity index (χ3n) is 2.45. The lowest BCUT2D eigenvalue weighted by Gasteiger charge is -2.09. The fourth-order valence-corrected chi connectivity index (χ4v) is 1.44. The van der Waals surface area contributed by atoms with Crippen LogP contribution in [0.2, 0.25) is 0 Å². The maximum absolute atomic E-state index is 11.4. The van der Waals surface area contributed by atoms with Crippen molar-refractivity contribution in [3.63, 3.8) is 0 Å². The fraction of sp³-hybridized carbons (Fsp3) is 0.462. The summed E-state index contributed by atoms with van der Waals surface area (Å²) in [5.74, 6) is 0. The first-order valence-corrected chi connectivity index (χ1v) is 6.12. The summed E-state index contributed by atoms with van der Waals surface area (Å²) in [5, 5.41) is 5.33. The average Bonchev–Trinajstić information content (AvgIpc) is 2.45. The van der Waals surface area contributed by atoms with Crippen LogP contribution in [0.5, 0.6) is 0 Å². The topological polar surface area (TPSA) is 85.6 Å². The average molecular weight is 267 g/mol. The minimum Gasteiger partial charge on any atom is -0.382 e. The first-order chi connectivity index (χ1) is 9.26. The number of carbonyl (C=O) groups is 1. The number of methoxy groups -OCH3 is 1. The van der Waals surface area contributed by atoms with Gasteiger partial charge in [-0.1, -0.05) is 24.3 Å².